The first kappa shape index (κ1) is 19.9. The van der Waals surface area contributed by atoms with Crippen molar-refractivity contribution in [1.29, 1.82) is 0 Å². The summed E-state index contributed by atoms with van der Waals surface area (Å²) in [6, 6.07) is 11.0. The highest BCUT2D eigenvalue weighted by Gasteiger charge is 2.26. The predicted molar refractivity (Wildman–Crippen MR) is 107 cm³/mol. The van der Waals surface area contributed by atoms with Gasteiger partial charge in [-0.2, -0.15) is 0 Å². The quantitative estimate of drug-likeness (QED) is 0.797. The van der Waals surface area contributed by atoms with Crippen molar-refractivity contribution in [3.8, 4) is 5.75 Å². The third kappa shape index (κ3) is 5.31. The van der Waals surface area contributed by atoms with Crippen LogP contribution < -0.4 is 10.1 Å². The summed E-state index contributed by atoms with van der Waals surface area (Å²) in [5.41, 5.74) is 0.546. The molecule has 1 aliphatic rings. The van der Waals surface area contributed by atoms with Gasteiger partial charge in [0.25, 0.3) is 5.91 Å². The Bertz CT molecular complexity index is 873. The number of hydrogen-bond acceptors (Lipinski definition) is 5. The number of ether oxygens (including phenoxy) is 1. The Hall–Kier alpha value is -1.90. The van der Waals surface area contributed by atoms with Gasteiger partial charge in [-0.25, -0.2) is 12.7 Å². The molecule has 1 amide bonds. The van der Waals surface area contributed by atoms with E-state index in [9.17, 15) is 13.2 Å². The van der Waals surface area contributed by atoms with Crippen LogP contribution in [0, 0.1) is 0 Å². The lowest BCUT2D eigenvalue weighted by atomic mass is 10.1. The molecule has 1 aliphatic heterocycles. The summed E-state index contributed by atoms with van der Waals surface area (Å²) < 4.78 is 30.6. The highest BCUT2D eigenvalue weighted by Crippen LogP contribution is 2.22. The maximum atomic E-state index is 12.5. The summed E-state index contributed by atoms with van der Waals surface area (Å²) in [5, 5.41) is 4.98. The highest BCUT2D eigenvalue weighted by molar-refractivity contribution is 7.88. The maximum Gasteiger partial charge on any atom is 0.251 e. The summed E-state index contributed by atoms with van der Waals surface area (Å²) in [7, 11) is -3.14. The molecule has 1 saturated heterocycles. The molecule has 0 unspecified atom stereocenters. The molecule has 1 atom stereocenters. The molecule has 3 rings (SSSR count). The molecule has 0 aliphatic carbocycles. The van der Waals surface area contributed by atoms with Gasteiger partial charge in [0, 0.05) is 23.5 Å². The van der Waals surface area contributed by atoms with Gasteiger partial charge in [0.2, 0.25) is 10.0 Å². The number of rotatable bonds is 6. The van der Waals surface area contributed by atoms with Crippen molar-refractivity contribution in [2.75, 3.05) is 19.3 Å². The van der Waals surface area contributed by atoms with Crippen LogP contribution >= 0.6 is 11.3 Å². The molecule has 27 heavy (non-hydrogen) atoms. The third-order valence-electron chi connectivity index (χ3n) is 4.59. The summed E-state index contributed by atoms with van der Waals surface area (Å²) in [6.07, 6.45) is 2.46. The van der Waals surface area contributed by atoms with Crippen molar-refractivity contribution < 1.29 is 17.9 Å². The molecule has 0 radical (unpaired) electrons. The number of hydrogen-bond donors (Lipinski definition) is 1. The van der Waals surface area contributed by atoms with Crippen LogP contribution in [0.25, 0.3) is 0 Å². The monoisotopic (exact) mass is 408 g/mol. The summed E-state index contributed by atoms with van der Waals surface area (Å²) in [5.74, 6) is 0.484. The van der Waals surface area contributed by atoms with Crippen molar-refractivity contribution >= 4 is 27.3 Å². The third-order valence-corrected chi connectivity index (χ3v) is 6.94. The Morgan fingerprint density at radius 1 is 1.26 bits per heavy atom. The lowest BCUT2D eigenvalue weighted by Gasteiger charge is -2.30. The number of amides is 1. The summed E-state index contributed by atoms with van der Waals surface area (Å²) in [6.45, 7) is 2.88. The maximum absolute atomic E-state index is 12.5. The first-order valence-corrected chi connectivity index (χ1v) is 11.6. The number of benzene rings is 1. The van der Waals surface area contributed by atoms with Crippen LogP contribution in [0.4, 0.5) is 0 Å². The molecule has 0 bridgehead atoms. The topological polar surface area (TPSA) is 75.7 Å². The van der Waals surface area contributed by atoms with Crippen molar-refractivity contribution in [3.63, 3.8) is 0 Å². The molecule has 1 aromatic carbocycles. The fourth-order valence-corrected chi connectivity index (χ4v) is 4.68. The van der Waals surface area contributed by atoms with Crippen molar-refractivity contribution in [2.45, 2.75) is 31.9 Å². The number of piperidine rings is 1. The largest absolute Gasteiger partial charge is 0.490 e. The Kier molecular flexibility index (Phi) is 6.18. The van der Waals surface area contributed by atoms with Gasteiger partial charge in [0.1, 0.15) is 11.9 Å². The molecule has 6 nitrogen and oxygen atoms in total. The first-order valence-electron chi connectivity index (χ1n) is 8.89. The van der Waals surface area contributed by atoms with E-state index in [2.05, 4.69) is 5.32 Å². The molecule has 8 heteroatoms. The molecule has 146 valence electrons. The van der Waals surface area contributed by atoms with E-state index < -0.39 is 10.0 Å². The van der Waals surface area contributed by atoms with Gasteiger partial charge in [-0.1, -0.05) is 12.1 Å². The van der Waals surface area contributed by atoms with E-state index in [-0.39, 0.29) is 18.1 Å². The minimum absolute atomic E-state index is 0.0497. The molecule has 0 spiro atoms. The zero-order valence-corrected chi connectivity index (χ0v) is 17.1. The summed E-state index contributed by atoms with van der Waals surface area (Å²) >= 11 is 1.61. The van der Waals surface area contributed by atoms with E-state index in [4.69, 9.17) is 4.74 Å². The first-order chi connectivity index (χ1) is 12.8. The SMILES string of the molecule is C[C@H](NC(=O)c1cccc(OC2CCN(S(C)(=O)=O)CC2)c1)c1cccs1. The van der Waals surface area contributed by atoms with E-state index >= 15 is 0 Å². The van der Waals surface area contributed by atoms with Crippen LogP contribution in [0.1, 0.15) is 41.0 Å². The lowest BCUT2D eigenvalue weighted by molar-refractivity contribution is 0.0938. The molecule has 2 aromatic rings. The fourth-order valence-electron chi connectivity index (χ4n) is 3.07. The van der Waals surface area contributed by atoms with Gasteiger partial charge >= 0.3 is 0 Å². The van der Waals surface area contributed by atoms with Gasteiger partial charge in [-0.3, -0.25) is 4.79 Å². The van der Waals surface area contributed by atoms with Gasteiger partial charge in [0.05, 0.1) is 12.3 Å². The van der Waals surface area contributed by atoms with Gasteiger partial charge in [-0.15, -0.1) is 11.3 Å². The number of carbonyl (C=O) groups excluding carboxylic acids is 1. The Balaban J connectivity index is 1.58. The smallest absolute Gasteiger partial charge is 0.251 e. The van der Waals surface area contributed by atoms with Crippen LogP contribution in [-0.2, 0) is 10.0 Å². The van der Waals surface area contributed by atoms with Gasteiger partial charge in [0.15, 0.2) is 0 Å². The minimum atomic E-state index is -3.14. The zero-order chi connectivity index (χ0) is 19.4. The van der Waals surface area contributed by atoms with Crippen LogP contribution in [0.5, 0.6) is 5.75 Å². The average Bonchev–Trinajstić information content (AvgIpc) is 3.16. The minimum Gasteiger partial charge on any atom is -0.490 e. The number of nitrogens with zero attached hydrogens (tertiary/aromatic N) is 1. The molecule has 0 saturated carbocycles. The average molecular weight is 409 g/mol. The standard InChI is InChI=1S/C19H24N2O4S2/c1-14(18-7-4-12-26-18)20-19(22)15-5-3-6-17(13-15)25-16-8-10-21(11-9-16)27(2,23)24/h3-7,12-14,16H,8-11H2,1-2H3,(H,20,22)/t14-/m0/s1. The predicted octanol–water partition coefficient (Wildman–Crippen LogP) is 3.04. The second kappa shape index (κ2) is 8.41. The van der Waals surface area contributed by atoms with Gasteiger partial charge in [-0.05, 0) is 49.4 Å². The molecule has 1 N–H and O–H groups in total. The Morgan fingerprint density at radius 3 is 2.63 bits per heavy atom. The number of nitrogens with one attached hydrogen (secondary N) is 1. The normalized spacial score (nSPS) is 17.4. The van der Waals surface area contributed by atoms with E-state index in [0.29, 0.717) is 37.2 Å². The van der Waals surface area contributed by atoms with Crippen molar-refractivity contribution in [2.24, 2.45) is 0 Å². The molecule has 1 aromatic heterocycles. The van der Waals surface area contributed by atoms with Crippen LogP contribution in [0.3, 0.4) is 0 Å². The Labute approximate surface area is 164 Å². The summed E-state index contributed by atoms with van der Waals surface area (Å²) in [4.78, 5) is 13.6. The molecule has 1 fully saturated rings. The fraction of sp³-hybridized carbons (Fsp3) is 0.421. The van der Waals surface area contributed by atoms with E-state index in [1.54, 1.807) is 29.5 Å². The van der Waals surface area contributed by atoms with E-state index in [1.807, 2.05) is 30.5 Å². The van der Waals surface area contributed by atoms with E-state index in [0.717, 1.165) is 4.88 Å². The Morgan fingerprint density at radius 2 is 2.00 bits per heavy atom. The van der Waals surface area contributed by atoms with Gasteiger partial charge < -0.3 is 10.1 Å². The second-order valence-electron chi connectivity index (χ2n) is 6.72. The molecular weight excluding hydrogens is 384 g/mol. The zero-order valence-electron chi connectivity index (χ0n) is 15.4. The van der Waals surface area contributed by atoms with Crippen LogP contribution in [0.2, 0.25) is 0 Å². The molecular formula is C19H24N2O4S2. The van der Waals surface area contributed by atoms with Crippen molar-refractivity contribution in [3.05, 3.63) is 52.2 Å². The van der Waals surface area contributed by atoms with Crippen molar-refractivity contribution in [1.82, 2.24) is 9.62 Å². The number of sulfonamides is 1. The highest BCUT2D eigenvalue weighted by atomic mass is 32.2. The number of thiophene rings is 1. The second-order valence-corrected chi connectivity index (χ2v) is 9.68. The van der Waals surface area contributed by atoms with E-state index in [1.165, 1.54) is 10.6 Å². The lowest BCUT2D eigenvalue weighted by Crippen LogP contribution is -2.41. The van der Waals surface area contributed by atoms with Crippen LogP contribution in [0.15, 0.2) is 41.8 Å². The number of carbonyl (C=O) groups is 1. The van der Waals surface area contributed by atoms with Crippen LogP contribution in [-0.4, -0.2) is 44.1 Å². The molecule has 2 heterocycles.